The van der Waals surface area contributed by atoms with E-state index >= 15 is 0 Å². The highest BCUT2D eigenvalue weighted by Gasteiger charge is 2.20. The lowest BCUT2D eigenvalue weighted by atomic mass is 9.92. The number of hydrogen-bond donors (Lipinski definition) is 1. The van der Waals surface area contributed by atoms with Crippen LogP contribution in [-0.4, -0.2) is 37.6 Å². The highest BCUT2D eigenvalue weighted by molar-refractivity contribution is 4.75. The summed E-state index contributed by atoms with van der Waals surface area (Å²) in [5, 5.41) is 3.46. The number of likely N-dealkylation sites (tertiary alicyclic amines) is 1. The molecular formula is C14H28N2. The minimum absolute atomic E-state index is 0.988. The van der Waals surface area contributed by atoms with Crippen molar-refractivity contribution in [1.82, 2.24) is 10.2 Å². The third-order valence-corrected chi connectivity index (χ3v) is 4.49. The zero-order chi connectivity index (χ0) is 11.2. The molecule has 94 valence electrons. The predicted molar refractivity (Wildman–Crippen MR) is 69.7 cm³/mol. The lowest BCUT2D eigenvalue weighted by molar-refractivity contribution is 0.157. The van der Waals surface area contributed by atoms with Crippen molar-refractivity contribution in [3.05, 3.63) is 0 Å². The lowest BCUT2D eigenvalue weighted by Gasteiger charge is -2.33. The molecule has 0 spiro atoms. The van der Waals surface area contributed by atoms with E-state index in [-0.39, 0.29) is 0 Å². The smallest absolute Gasteiger partial charge is 0.000956 e. The molecule has 2 saturated heterocycles. The molecule has 0 aromatic carbocycles. The van der Waals surface area contributed by atoms with Gasteiger partial charge in [0.2, 0.25) is 0 Å². The summed E-state index contributed by atoms with van der Waals surface area (Å²) in [6, 6.07) is 0. The summed E-state index contributed by atoms with van der Waals surface area (Å²) < 4.78 is 0. The normalized spacial score (nSPS) is 29.4. The van der Waals surface area contributed by atoms with Crippen molar-refractivity contribution in [1.29, 1.82) is 0 Å². The molecule has 2 heterocycles. The van der Waals surface area contributed by atoms with E-state index in [9.17, 15) is 0 Å². The summed E-state index contributed by atoms with van der Waals surface area (Å²) >= 11 is 0. The second kappa shape index (κ2) is 6.61. The van der Waals surface area contributed by atoms with Crippen molar-refractivity contribution >= 4 is 0 Å². The molecule has 16 heavy (non-hydrogen) atoms. The van der Waals surface area contributed by atoms with Gasteiger partial charge in [0.05, 0.1) is 0 Å². The molecule has 0 saturated carbocycles. The molecule has 0 aliphatic carbocycles. The zero-order valence-electron chi connectivity index (χ0n) is 10.9. The fraction of sp³-hybridized carbons (Fsp3) is 1.00. The van der Waals surface area contributed by atoms with Gasteiger partial charge in [-0.15, -0.1) is 0 Å². The van der Waals surface area contributed by atoms with Crippen molar-refractivity contribution in [2.75, 3.05) is 32.7 Å². The first kappa shape index (κ1) is 12.4. The van der Waals surface area contributed by atoms with Gasteiger partial charge in [-0.25, -0.2) is 0 Å². The Morgan fingerprint density at radius 3 is 2.69 bits per heavy atom. The van der Waals surface area contributed by atoms with E-state index in [1.807, 2.05) is 0 Å². The van der Waals surface area contributed by atoms with Gasteiger partial charge in [-0.05, 0) is 70.1 Å². The van der Waals surface area contributed by atoms with Crippen LogP contribution >= 0.6 is 0 Å². The Hall–Kier alpha value is -0.0800. The molecule has 1 N–H and O–H groups in total. The topological polar surface area (TPSA) is 15.3 Å². The van der Waals surface area contributed by atoms with Crippen LogP contribution < -0.4 is 5.32 Å². The second-order valence-electron chi connectivity index (χ2n) is 5.70. The zero-order valence-corrected chi connectivity index (χ0v) is 10.9. The molecule has 2 fully saturated rings. The van der Waals surface area contributed by atoms with Crippen molar-refractivity contribution in [2.24, 2.45) is 11.8 Å². The third-order valence-electron chi connectivity index (χ3n) is 4.49. The summed E-state index contributed by atoms with van der Waals surface area (Å²) in [5.41, 5.74) is 0. The average molecular weight is 224 g/mol. The van der Waals surface area contributed by atoms with Crippen LogP contribution in [0, 0.1) is 11.8 Å². The maximum atomic E-state index is 3.46. The van der Waals surface area contributed by atoms with Gasteiger partial charge >= 0.3 is 0 Å². The Balaban J connectivity index is 1.64. The number of rotatable bonds is 4. The molecule has 2 rings (SSSR count). The number of nitrogens with zero attached hydrogens (tertiary/aromatic N) is 1. The van der Waals surface area contributed by atoms with Crippen molar-refractivity contribution in [2.45, 2.75) is 45.4 Å². The van der Waals surface area contributed by atoms with Crippen molar-refractivity contribution in [3.8, 4) is 0 Å². The summed E-state index contributed by atoms with van der Waals surface area (Å²) in [6.07, 6.45) is 8.54. The maximum absolute atomic E-state index is 3.46. The van der Waals surface area contributed by atoms with Crippen LogP contribution in [0.25, 0.3) is 0 Å². The fourth-order valence-electron chi connectivity index (χ4n) is 3.22. The van der Waals surface area contributed by atoms with Gasteiger partial charge in [0, 0.05) is 6.54 Å². The van der Waals surface area contributed by atoms with E-state index in [2.05, 4.69) is 17.1 Å². The molecule has 0 radical (unpaired) electrons. The molecule has 2 aliphatic heterocycles. The van der Waals surface area contributed by atoms with Gasteiger partial charge in [-0.1, -0.05) is 13.3 Å². The standard InChI is InChI=1S/C14H28N2/c1-2-13-4-3-10-16(12-13)11-7-14-5-8-15-9-6-14/h13-15H,2-12H2,1H3. The Kier molecular flexibility index (Phi) is 5.11. The SMILES string of the molecule is CCC1CCCN(CCC2CCNCC2)C1. The molecule has 0 aromatic heterocycles. The maximum Gasteiger partial charge on any atom is 0.000956 e. The summed E-state index contributed by atoms with van der Waals surface area (Å²) in [5.74, 6) is 1.99. The Morgan fingerprint density at radius 1 is 1.12 bits per heavy atom. The van der Waals surface area contributed by atoms with E-state index in [4.69, 9.17) is 0 Å². The monoisotopic (exact) mass is 224 g/mol. The van der Waals surface area contributed by atoms with Gasteiger partial charge in [-0.3, -0.25) is 0 Å². The van der Waals surface area contributed by atoms with Crippen LogP contribution in [0.4, 0.5) is 0 Å². The highest BCUT2D eigenvalue weighted by atomic mass is 15.1. The Morgan fingerprint density at radius 2 is 1.94 bits per heavy atom. The van der Waals surface area contributed by atoms with E-state index < -0.39 is 0 Å². The number of piperidine rings is 2. The molecule has 1 atom stereocenters. The highest BCUT2D eigenvalue weighted by Crippen LogP contribution is 2.21. The van der Waals surface area contributed by atoms with Gasteiger partial charge in [0.25, 0.3) is 0 Å². The molecule has 2 heteroatoms. The molecule has 0 aromatic rings. The predicted octanol–water partition coefficient (Wildman–Crippen LogP) is 2.50. The minimum Gasteiger partial charge on any atom is -0.317 e. The minimum atomic E-state index is 0.988. The average Bonchev–Trinajstić information content (AvgIpc) is 2.38. The fourth-order valence-corrected chi connectivity index (χ4v) is 3.22. The van der Waals surface area contributed by atoms with Crippen LogP contribution in [0.3, 0.4) is 0 Å². The Bertz CT molecular complexity index is 187. The quantitative estimate of drug-likeness (QED) is 0.789. The van der Waals surface area contributed by atoms with Gasteiger partial charge in [-0.2, -0.15) is 0 Å². The summed E-state index contributed by atoms with van der Waals surface area (Å²) in [7, 11) is 0. The Labute approximate surface area is 101 Å². The summed E-state index contributed by atoms with van der Waals surface area (Å²) in [4.78, 5) is 2.72. The van der Waals surface area contributed by atoms with Crippen molar-refractivity contribution in [3.63, 3.8) is 0 Å². The first-order chi connectivity index (χ1) is 7.88. The van der Waals surface area contributed by atoms with Gasteiger partial charge in [0.1, 0.15) is 0 Å². The van der Waals surface area contributed by atoms with E-state index in [1.54, 1.807) is 0 Å². The van der Waals surface area contributed by atoms with Gasteiger partial charge < -0.3 is 10.2 Å². The van der Waals surface area contributed by atoms with Gasteiger partial charge in [0.15, 0.2) is 0 Å². The van der Waals surface area contributed by atoms with Crippen LogP contribution in [0.15, 0.2) is 0 Å². The van der Waals surface area contributed by atoms with E-state index in [1.165, 1.54) is 71.2 Å². The van der Waals surface area contributed by atoms with Crippen LogP contribution in [0.1, 0.15) is 45.4 Å². The molecule has 2 nitrogen and oxygen atoms in total. The number of nitrogens with one attached hydrogen (secondary N) is 1. The largest absolute Gasteiger partial charge is 0.317 e. The molecule has 0 amide bonds. The molecular weight excluding hydrogens is 196 g/mol. The third kappa shape index (κ3) is 3.74. The van der Waals surface area contributed by atoms with Crippen LogP contribution in [0.5, 0.6) is 0 Å². The molecule has 0 bridgehead atoms. The first-order valence-corrected chi connectivity index (χ1v) is 7.31. The first-order valence-electron chi connectivity index (χ1n) is 7.31. The van der Waals surface area contributed by atoms with Crippen molar-refractivity contribution < 1.29 is 0 Å². The second-order valence-corrected chi connectivity index (χ2v) is 5.70. The lowest BCUT2D eigenvalue weighted by Crippen LogP contribution is -2.37. The van der Waals surface area contributed by atoms with E-state index in [0.29, 0.717) is 0 Å². The summed E-state index contributed by atoms with van der Waals surface area (Å²) in [6.45, 7) is 8.95. The number of hydrogen-bond acceptors (Lipinski definition) is 2. The van der Waals surface area contributed by atoms with Crippen LogP contribution in [-0.2, 0) is 0 Å². The van der Waals surface area contributed by atoms with Crippen LogP contribution in [0.2, 0.25) is 0 Å². The molecule has 1 unspecified atom stereocenters. The molecule has 2 aliphatic rings. The van der Waals surface area contributed by atoms with E-state index in [0.717, 1.165) is 11.8 Å².